The lowest BCUT2D eigenvalue weighted by Crippen LogP contribution is -2.36. The Balaban J connectivity index is 1.79. The van der Waals surface area contributed by atoms with Gasteiger partial charge in [-0.05, 0) is 48.6 Å². The molecule has 35 heavy (non-hydrogen) atoms. The molecule has 8 heteroatoms. The van der Waals surface area contributed by atoms with Crippen molar-refractivity contribution in [1.82, 2.24) is 5.32 Å². The fourth-order valence-electron chi connectivity index (χ4n) is 4.84. The zero-order chi connectivity index (χ0) is 25.1. The highest BCUT2D eigenvalue weighted by Gasteiger charge is 2.42. The molecule has 2 atom stereocenters. The van der Waals surface area contributed by atoms with E-state index in [0.29, 0.717) is 33.9 Å². The number of phenols is 1. The Morgan fingerprint density at radius 2 is 1.91 bits per heavy atom. The van der Waals surface area contributed by atoms with Crippen LogP contribution in [0.1, 0.15) is 42.7 Å². The molecule has 1 heterocycles. The first-order valence-corrected chi connectivity index (χ1v) is 11.7. The lowest BCUT2D eigenvalue weighted by Gasteiger charge is -2.37. The van der Waals surface area contributed by atoms with E-state index in [-0.39, 0.29) is 42.8 Å². The molecule has 1 aliphatic carbocycles. The van der Waals surface area contributed by atoms with E-state index in [4.69, 9.17) is 25.8 Å². The van der Waals surface area contributed by atoms with Crippen LogP contribution in [0.15, 0.2) is 65.0 Å². The molecule has 7 nitrogen and oxygen atoms in total. The summed E-state index contributed by atoms with van der Waals surface area (Å²) < 4.78 is 15.8. The van der Waals surface area contributed by atoms with Crippen LogP contribution in [0.25, 0.3) is 0 Å². The summed E-state index contributed by atoms with van der Waals surface area (Å²) in [7, 11) is 2.98. The van der Waals surface area contributed by atoms with Crippen LogP contribution in [-0.4, -0.2) is 44.3 Å². The number of carbonyl (C=O) groups is 2. The number of hydrogen-bond donors (Lipinski definition) is 2. The van der Waals surface area contributed by atoms with Crippen molar-refractivity contribution in [3.05, 3.63) is 81.2 Å². The molecular formula is C27H28ClNO6. The van der Waals surface area contributed by atoms with Gasteiger partial charge in [0, 0.05) is 41.4 Å². The van der Waals surface area contributed by atoms with E-state index >= 15 is 0 Å². The fourth-order valence-corrected chi connectivity index (χ4v) is 5.13. The average Bonchev–Trinajstić information content (AvgIpc) is 2.83. The highest BCUT2D eigenvalue weighted by atomic mass is 35.5. The van der Waals surface area contributed by atoms with Crippen molar-refractivity contribution in [2.75, 3.05) is 27.4 Å². The van der Waals surface area contributed by atoms with E-state index in [0.717, 1.165) is 11.3 Å². The van der Waals surface area contributed by atoms with Crippen molar-refractivity contribution < 1.29 is 28.9 Å². The number of nitrogens with one attached hydrogen (secondary N) is 1. The Hall–Kier alpha value is -3.29. The molecule has 4 rings (SSSR count). The third-order valence-corrected chi connectivity index (χ3v) is 6.79. The molecule has 2 aliphatic rings. The summed E-state index contributed by atoms with van der Waals surface area (Å²) in [6, 6.07) is 12.4. The summed E-state index contributed by atoms with van der Waals surface area (Å²) in [6.45, 7) is 2.15. The molecule has 0 amide bonds. The number of rotatable bonds is 7. The molecule has 0 spiro atoms. The lowest BCUT2D eigenvalue weighted by atomic mass is 9.71. The Morgan fingerprint density at radius 3 is 2.63 bits per heavy atom. The zero-order valence-electron chi connectivity index (χ0n) is 19.9. The molecule has 0 fully saturated rings. The summed E-state index contributed by atoms with van der Waals surface area (Å²) in [4.78, 5) is 26.8. The molecule has 0 aromatic heterocycles. The monoisotopic (exact) mass is 497 g/mol. The van der Waals surface area contributed by atoms with Crippen molar-refractivity contribution in [3.63, 3.8) is 0 Å². The van der Waals surface area contributed by atoms with Gasteiger partial charge in [0.25, 0.3) is 0 Å². The maximum Gasteiger partial charge on any atom is 0.336 e. The highest BCUT2D eigenvalue weighted by Crippen LogP contribution is 2.47. The minimum Gasteiger partial charge on any atom is -0.504 e. The molecule has 0 saturated heterocycles. The Bertz CT molecular complexity index is 1220. The minimum atomic E-state index is -0.671. The number of aromatic hydroxyl groups is 1. The van der Waals surface area contributed by atoms with Crippen LogP contribution in [0, 0.1) is 0 Å². The lowest BCUT2D eigenvalue weighted by molar-refractivity contribution is -0.140. The minimum absolute atomic E-state index is 0.0296. The summed E-state index contributed by atoms with van der Waals surface area (Å²) in [5.74, 6) is -1.13. The van der Waals surface area contributed by atoms with Gasteiger partial charge in [-0.3, -0.25) is 4.79 Å². The van der Waals surface area contributed by atoms with Crippen molar-refractivity contribution in [3.8, 4) is 11.5 Å². The second-order valence-electron chi connectivity index (χ2n) is 8.60. The number of methoxy groups -OCH3 is 2. The SMILES string of the molecule is COCCOC(=O)C1=C(C)NC2=C(C(=O)C[C@@H](c3ccccc3Cl)C2)[C@H]1c1ccc(O)c(OC)c1. The molecule has 2 aromatic carbocycles. The fraction of sp³-hybridized carbons (Fsp3) is 0.333. The summed E-state index contributed by atoms with van der Waals surface area (Å²) in [5.41, 5.74) is 3.80. The maximum absolute atomic E-state index is 13.6. The number of esters is 1. The number of carbonyl (C=O) groups excluding carboxylic acids is 2. The number of halogens is 1. The van der Waals surface area contributed by atoms with E-state index in [1.165, 1.54) is 20.3 Å². The van der Waals surface area contributed by atoms with Gasteiger partial charge in [0.2, 0.25) is 0 Å². The number of Topliss-reactive ketones (excluding diaryl/α,β-unsaturated/α-hetero) is 1. The van der Waals surface area contributed by atoms with Crippen molar-refractivity contribution >= 4 is 23.4 Å². The van der Waals surface area contributed by atoms with Crippen molar-refractivity contribution in [1.29, 1.82) is 0 Å². The first-order chi connectivity index (χ1) is 16.8. The van der Waals surface area contributed by atoms with E-state index in [1.54, 1.807) is 19.1 Å². The third kappa shape index (κ3) is 4.92. The smallest absolute Gasteiger partial charge is 0.336 e. The van der Waals surface area contributed by atoms with E-state index in [1.807, 2.05) is 24.3 Å². The largest absolute Gasteiger partial charge is 0.504 e. The van der Waals surface area contributed by atoms with Crippen LogP contribution >= 0.6 is 11.6 Å². The first-order valence-electron chi connectivity index (χ1n) is 11.4. The average molecular weight is 498 g/mol. The molecule has 0 radical (unpaired) electrons. The number of phenolic OH excluding ortho intramolecular Hbond substituents is 1. The van der Waals surface area contributed by atoms with Gasteiger partial charge in [0.1, 0.15) is 6.61 Å². The molecule has 2 N–H and O–H groups in total. The van der Waals surface area contributed by atoms with Gasteiger partial charge in [0.05, 0.1) is 19.3 Å². The quantitative estimate of drug-likeness (QED) is 0.426. The van der Waals surface area contributed by atoms with Gasteiger partial charge in [0.15, 0.2) is 17.3 Å². The number of allylic oxidation sites excluding steroid dienone is 3. The van der Waals surface area contributed by atoms with Crippen molar-refractivity contribution in [2.45, 2.75) is 31.6 Å². The second-order valence-corrected chi connectivity index (χ2v) is 9.01. The number of ketones is 1. The van der Waals surface area contributed by atoms with Gasteiger partial charge >= 0.3 is 5.97 Å². The normalized spacial score (nSPS) is 19.8. The van der Waals surface area contributed by atoms with Gasteiger partial charge in [-0.15, -0.1) is 0 Å². The number of benzene rings is 2. The van der Waals surface area contributed by atoms with Crippen LogP contribution in [0.5, 0.6) is 11.5 Å². The molecular weight excluding hydrogens is 470 g/mol. The van der Waals surface area contributed by atoms with Crippen LogP contribution < -0.4 is 10.1 Å². The van der Waals surface area contributed by atoms with E-state index < -0.39 is 11.9 Å². The summed E-state index contributed by atoms with van der Waals surface area (Å²) >= 11 is 6.44. The van der Waals surface area contributed by atoms with Gasteiger partial charge in [-0.1, -0.05) is 35.9 Å². The number of dihydropyridines is 1. The summed E-state index contributed by atoms with van der Waals surface area (Å²) in [5, 5.41) is 14.1. The topological polar surface area (TPSA) is 94.1 Å². The Labute approximate surface area is 209 Å². The number of hydrogen-bond acceptors (Lipinski definition) is 7. The molecule has 1 aliphatic heterocycles. The molecule has 184 valence electrons. The van der Waals surface area contributed by atoms with E-state index in [9.17, 15) is 14.7 Å². The predicted octanol–water partition coefficient (Wildman–Crippen LogP) is 4.61. The number of ether oxygens (including phenoxy) is 3. The first kappa shape index (κ1) is 24.8. The van der Waals surface area contributed by atoms with Gasteiger partial charge in [-0.2, -0.15) is 0 Å². The summed E-state index contributed by atoms with van der Waals surface area (Å²) in [6.07, 6.45) is 0.834. The van der Waals surface area contributed by atoms with Gasteiger partial charge < -0.3 is 24.6 Å². The van der Waals surface area contributed by atoms with Crippen LogP contribution in [0.4, 0.5) is 0 Å². The molecule has 0 saturated carbocycles. The van der Waals surface area contributed by atoms with Crippen LogP contribution in [0.2, 0.25) is 5.02 Å². The van der Waals surface area contributed by atoms with Crippen LogP contribution in [-0.2, 0) is 19.1 Å². The zero-order valence-corrected chi connectivity index (χ0v) is 20.6. The molecule has 0 unspecified atom stereocenters. The standard InChI is InChI=1S/C27H28ClNO6/c1-15-24(27(32)35-11-10-33-2)25(16-8-9-21(30)23(14-16)34-3)26-20(29-15)12-17(13-22(26)31)18-6-4-5-7-19(18)28/h4-9,14,17,25,29-30H,10-13H2,1-3H3/t17-,25-/m0/s1. The second kappa shape index (κ2) is 10.5. The third-order valence-electron chi connectivity index (χ3n) is 6.45. The van der Waals surface area contributed by atoms with Gasteiger partial charge in [-0.25, -0.2) is 4.79 Å². The Morgan fingerprint density at radius 1 is 1.14 bits per heavy atom. The molecule has 0 bridgehead atoms. The molecule has 2 aromatic rings. The highest BCUT2D eigenvalue weighted by molar-refractivity contribution is 6.31. The Kier molecular flexibility index (Phi) is 7.48. The maximum atomic E-state index is 13.6. The van der Waals surface area contributed by atoms with E-state index in [2.05, 4.69) is 5.32 Å². The van der Waals surface area contributed by atoms with Crippen molar-refractivity contribution in [2.24, 2.45) is 0 Å². The predicted molar refractivity (Wildman–Crippen MR) is 132 cm³/mol. The van der Waals surface area contributed by atoms with Crippen LogP contribution in [0.3, 0.4) is 0 Å².